The fourth-order valence-corrected chi connectivity index (χ4v) is 6.33. The minimum Gasteiger partial charge on any atom is -0.550 e. The van der Waals surface area contributed by atoms with Crippen LogP contribution in [0.4, 0.5) is 0 Å². The first-order valence-corrected chi connectivity index (χ1v) is 22.4. The van der Waals surface area contributed by atoms with Crippen LogP contribution in [0.3, 0.4) is 0 Å². The van der Waals surface area contributed by atoms with Crippen LogP contribution in [0, 0.1) is 0 Å². The van der Waals surface area contributed by atoms with Gasteiger partial charge in [-0.15, -0.1) is 0 Å². The van der Waals surface area contributed by atoms with Crippen molar-refractivity contribution in [1.82, 2.24) is 0 Å². The van der Waals surface area contributed by atoms with E-state index in [2.05, 4.69) is 20.8 Å². The smallest absolute Gasteiger partial charge is 0.550 e. The van der Waals surface area contributed by atoms with Crippen molar-refractivity contribution in [3.05, 3.63) is 0 Å². The molecule has 0 aromatic rings. The molecule has 0 bridgehead atoms. The van der Waals surface area contributed by atoms with Crippen molar-refractivity contribution in [1.29, 1.82) is 0 Å². The zero-order chi connectivity index (χ0) is 38.3. The van der Waals surface area contributed by atoms with Gasteiger partial charge in [-0.3, -0.25) is 0 Å². The monoisotopic (exact) mass is 813 g/mol. The maximum Gasteiger partial charge on any atom is 3.00 e. The Bertz CT molecular complexity index is 596. The van der Waals surface area contributed by atoms with Crippen LogP contribution in [-0.2, 0) is 47.1 Å². The van der Waals surface area contributed by atoms with Crippen LogP contribution in [0.2, 0.25) is 0 Å². The Morgan fingerprint density at radius 1 is 0.250 bits per heavy atom. The number of carboxylic acids is 3. The van der Waals surface area contributed by atoms with Gasteiger partial charge >= 0.3 is 32.7 Å². The van der Waals surface area contributed by atoms with E-state index in [1.807, 2.05) is 0 Å². The molecule has 6 nitrogen and oxygen atoms in total. The fourth-order valence-electron chi connectivity index (χ4n) is 6.33. The van der Waals surface area contributed by atoms with Crippen LogP contribution in [0.25, 0.3) is 0 Å². The van der Waals surface area contributed by atoms with Gasteiger partial charge in [-0.25, -0.2) is 0 Å². The maximum atomic E-state index is 10.2. The van der Waals surface area contributed by atoms with E-state index in [9.17, 15) is 29.7 Å². The van der Waals surface area contributed by atoms with Crippen molar-refractivity contribution in [3.8, 4) is 0 Å². The molecular formula is C45H87O6Y. The summed E-state index contributed by atoms with van der Waals surface area (Å²) in [4.78, 5) is 30.5. The van der Waals surface area contributed by atoms with Gasteiger partial charge in [0.15, 0.2) is 0 Å². The summed E-state index contributed by atoms with van der Waals surface area (Å²) in [6.45, 7) is 6.75. The van der Waals surface area contributed by atoms with Gasteiger partial charge in [-0.05, 0) is 38.5 Å². The van der Waals surface area contributed by atoms with Gasteiger partial charge in [0.25, 0.3) is 0 Å². The fraction of sp³-hybridized carbons (Fsp3) is 0.933. The summed E-state index contributed by atoms with van der Waals surface area (Å²) >= 11 is 0. The van der Waals surface area contributed by atoms with E-state index in [1.54, 1.807) is 0 Å². The first-order valence-electron chi connectivity index (χ1n) is 22.4. The van der Waals surface area contributed by atoms with E-state index < -0.39 is 17.9 Å². The molecule has 52 heavy (non-hydrogen) atoms. The Hall–Kier alpha value is -0.486. The van der Waals surface area contributed by atoms with Crippen LogP contribution < -0.4 is 15.3 Å². The Kier molecular flexibility index (Phi) is 61.4. The molecule has 0 aliphatic rings. The van der Waals surface area contributed by atoms with Gasteiger partial charge in [0.2, 0.25) is 0 Å². The number of carbonyl (C=O) groups excluding carboxylic acids is 3. The van der Waals surface area contributed by atoms with Crippen molar-refractivity contribution in [2.75, 3.05) is 0 Å². The summed E-state index contributed by atoms with van der Waals surface area (Å²) in [6, 6.07) is 0. The third kappa shape index (κ3) is 67.6. The molecule has 0 rings (SSSR count). The molecule has 0 saturated heterocycles. The van der Waals surface area contributed by atoms with Crippen molar-refractivity contribution in [3.63, 3.8) is 0 Å². The molecular weight excluding hydrogens is 725 g/mol. The Morgan fingerprint density at radius 2 is 0.365 bits per heavy atom. The van der Waals surface area contributed by atoms with Gasteiger partial charge in [-0.1, -0.05) is 233 Å². The molecule has 0 aliphatic heterocycles. The average Bonchev–Trinajstić information content (AvgIpc) is 3.10. The third-order valence-corrected chi connectivity index (χ3v) is 9.70. The average molecular weight is 813 g/mol. The first-order chi connectivity index (χ1) is 24.8. The molecule has 0 saturated carbocycles. The SMILES string of the molecule is CCCCCCCCCCCCCCC(=O)[O-].CCCCCCCCCCCCCCC(=O)[O-].CCCCCCCCCCCCCCC(=O)[O-].[Y+3]. The van der Waals surface area contributed by atoms with Crippen LogP contribution in [-0.4, -0.2) is 17.9 Å². The van der Waals surface area contributed by atoms with Crippen LogP contribution in [0.5, 0.6) is 0 Å². The molecule has 7 heteroatoms. The van der Waals surface area contributed by atoms with Crippen molar-refractivity contribution in [2.24, 2.45) is 0 Å². The maximum absolute atomic E-state index is 10.2. The van der Waals surface area contributed by atoms with Crippen LogP contribution in [0.15, 0.2) is 0 Å². The summed E-state index contributed by atoms with van der Waals surface area (Å²) in [7, 11) is 0. The molecule has 0 aromatic carbocycles. The van der Waals surface area contributed by atoms with Crippen molar-refractivity contribution < 1.29 is 62.4 Å². The van der Waals surface area contributed by atoms with Crippen molar-refractivity contribution >= 4 is 17.9 Å². The predicted octanol–water partition coefficient (Wildman–Crippen LogP) is 11.5. The number of carboxylic acid groups (broad SMARTS) is 3. The van der Waals surface area contributed by atoms with Crippen LogP contribution in [0.1, 0.15) is 271 Å². The summed E-state index contributed by atoms with van der Waals surface area (Å²) < 4.78 is 0. The second-order valence-electron chi connectivity index (χ2n) is 15.0. The number of rotatable bonds is 39. The largest absolute Gasteiger partial charge is 3.00 e. The Balaban J connectivity index is -0.000000329. The molecule has 0 heterocycles. The molecule has 0 radical (unpaired) electrons. The number of hydrogen-bond donors (Lipinski definition) is 0. The molecule has 0 N–H and O–H groups in total. The Labute approximate surface area is 349 Å². The standard InChI is InChI=1S/3C15H30O2.Y/c3*1-2-3-4-5-6-7-8-9-10-11-12-13-14-15(16)17;/h3*2-14H2,1H3,(H,16,17);/q;;;+3/p-3. The summed E-state index contributed by atoms with van der Waals surface area (Å²) in [5, 5.41) is 30.5. The number of unbranched alkanes of at least 4 members (excludes halogenated alkanes) is 33. The second-order valence-corrected chi connectivity index (χ2v) is 15.0. The zero-order valence-corrected chi connectivity index (χ0v) is 37.9. The molecule has 306 valence electrons. The number of hydrogen-bond acceptors (Lipinski definition) is 6. The number of aliphatic carboxylic acids is 3. The van der Waals surface area contributed by atoms with E-state index >= 15 is 0 Å². The summed E-state index contributed by atoms with van der Waals surface area (Å²) in [6.07, 6.45) is 46.4. The molecule has 0 spiro atoms. The minimum atomic E-state index is -0.905. The molecule has 0 fully saturated rings. The van der Waals surface area contributed by atoms with Crippen molar-refractivity contribution in [2.45, 2.75) is 271 Å². The molecule has 0 aliphatic carbocycles. The third-order valence-electron chi connectivity index (χ3n) is 9.70. The van der Waals surface area contributed by atoms with Gasteiger partial charge < -0.3 is 29.7 Å². The molecule has 0 unspecified atom stereocenters. The molecule has 0 aromatic heterocycles. The van der Waals surface area contributed by atoms with Crippen LogP contribution >= 0.6 is 0 Å². The predicted molar refractivity (Wildman–Crippen MR) is 212 cm³/mol. The number of carbonyl (C=O) groups is 3. The minimum absolute atomic E-state index is 0. The van der Waals surface area contributed by atoms with E-state index in [0.717, 1.165) is 38.5 Å². The van der Waals surface area contributed by atoms with E-state index in [4.69, 9.17) is 0 Å². The first kappa shape index (κ1) is 58.2. The molecule has 0 atom stereocenters. The van der Waals surface area contributed by atoms with Gasteiger partial charge in [-0.2, -0.15) is 0 Å². The van der Waals surface area contributed by atoms with Gasteiger partial charge in [0.1, 0.15) is 0 Å². The van der Waals surface area contributed by atoms with E-state index in [1.165, 1.54) is 193 Å². The topological polar surface area (TPSA) is 120 Å². The normalized spacial score (nSPS) is 10.4. The quantitative estimate of drug-likeness (QED) is 0.0570. The van der Waals surface area contributed by atoms with E-state index in [-0.39, 0.29) is 52.0 Å². The molecule has 0 amide bonds. The summed E-state index contributed by atoms with van der Waals surface area (Å²) in [5.41, 5.74) is 0. The van der Waals surface area contributed by atoms with Gasteiger partial charge in [0.05, 0.1) is 0 Å². The summed E-state index contributed by atoms with van der Waals surface area (Å²) in [5.74, 6) is -2.72. The Morgan fingerprint density at radius 3 is 0.481 bits per heavy atom. The van der Waals surface area contributed by atoms with E-state index in [0.29, 0.717) is 0 Å². The second kappa shape index (κ2) is 54.9. The van der Waals surface area contributed by atoms with Gasteiger partial charge in [0, 0.05) is 17.9 Å². The zero-order valence-electron chi connectivity index (χ0n) is 35.1.